The van der Waals surface area contributed by atoms with E-state index in [1.807, 2.05) is 4.90 Å². The molecule has 2 fully saturated rings. The highest BCUT2D eigenvalue weighted by Crippen LogP contribution is 2.40. The highest BCUT2D eigenvalue weighted by atomic mass is 16.2. The van der Waals surface area contributed by atoms with Crippen molar-refractivity contribution in [2.24, 2.45) is 11.7 Å². The van der Waals surface area contributed by atoms with Crippen LogP contribution in [0.25, 0.3) is 0 Å². The van der Waals surface area contributed by atoms with Gasteiger partial charge >= 0.3 is 6.03 Å². The highest BCUT2D eigenvalue weighted by molar-refractivity contribution is 5.81. The first-order valence-electron chi connectivity index (χ1n) is 6.67. The van der Waals surface area contributed by atoms with Crippen LogP contribution in [0.2, 0.25) is 0 Å². The summed E-state index contributed by atoms with van der Waals surface area (Å²) in [4.78, 5) is 27.1. The second kappa shape index (κ2) is 4.88. The van der Waals surface area contributed by atoms with Crippen molar-refractivity contribution in [3.8, 4) is 0 Å². The molecule has 2 aliphatic rings. The summed E-state index contributed by atoms with van der Waals surface area (Å²) in [6.07, 6.45) is 3.84. The number of rotatable bonds is 2. The van der Waals surface area contributed by atoms with Crippen LogP contribution in [0.1, 0.15) is 32.6 Å². The average molecular weight is 253 g/mol. The largest absolute Gasteiger partial charge is 0.331 e. The Balaban J connectivity index is 2.08. The number of urea groups is 1. The molecule has 2 heterocycles. The normalized spacial score (nSPS) is 32.2. The van der Waals surface area contributed by atoms with Crippen LogP contribution in [0.15, 0.2) is 0 Å². The molecule has 3 atom stereocenters. The van der Waals surface area contributed by atoms with Crippen molar-refractivity contribution >= 4 is 11.8 Å². The van der Waals surface area contributed by atoms with Crippen LogP contribution in [0.4, 0.5) is 4.79 Å². The number of hydrogen-bond acceptors (Lipinski definition) is 3. The van der Waals surface area contributed by atoms with Crippen molar-refractivity contribution in [2.75, 3.05) is 14.1 Å². The molecule has 0 aromatic rings. The molecule has 2 N–H and O–H groups in total. The van der Waals surface area contributed by atoms with E-state index in [-0.39, 0.29) is 35.9 Å². The van der Waals surface area contributed by atoms with Gasteiger partial charge in [0.05, 0.1) is 6.04 Å². The Hall–Kier alpha value is -1.10. The number of nitrogens with two attached hydrogens (primary N) is 1. The molecule has 5 nitrogen and oxygen atoms in total. The van der Waals surface area contributed by atoms with Crippen molar-refractivity contribution in [1.29, 1.82) is 0 Å². The SMILES string of the molecule is CC(=O)C(N)C1CC2CCC(C1)N2C(=O)N(C)C. The zero-order valence-corrected chi connectivity index (χ0v) is 11.4. The number of ketones is 1. The van der Waals surface area contributed by atoms with E-state index in [2.05, 4.69) is 0 Å². The Labute approximate surface area is 108 Å². The number of Topliss-reactive ketones (excluding diaryl/α,β-unsaturated/α-hetero) is 1. The summed E-state index contributed by atoms with van der Waals surface area (Å²) in [7, 11) is 3.57. The van der Waals surface area contributed by atoms with Gasteiger partial charge < -0.3 is 15.5 Å². The van der Waals surface area contributed by atoms with E-state index >= 15 is 0 Å². The van der Waals surface area contributed by atoms with Crippen molar-refractivity contribution in [2.45, 2.75) is 50.7 Å². The molecule has 3 unspecified atom stereocenters. The third-order valence-corrected chi connectivity index (χ3v) is 4.35. The fraction of sp³-hybridized carbons (Fsp3) is 0.846. The van der Waals surface area contributed by atoms with E-state index < -0.39 is 0 Å². The molecular formula is C13H23N3O2. The van der Waals surface area contributed by atoms with Crippen LogP contribution >= 0.6 is 0 Å². The minimum Gasteiger partial charge on any atom is -0.331 e. The standard InChI is InChI=1S/C13H23N3O2/c1-8(17)12(14)9-6-10-4-5-11(7-9)16(10)13(18)15(2)3/h9-12H,4-7,14H2,1-3H3. The summed E-state index contributed by atoms with van der Waals surface area (Å²) < 4.78 is 0. The van der Waals surface area contributed by atoms with E-state index in [1.165, 1.54) is 0 Å². The summed E-state index contributed by atoms with van der Waals surface area (Å²) in [5, 5.41) is 0. The molecular weight excluding hydrogens is 230 g/mol. The first-order chi connectivity index (χ1) is 8.41. The molecule has 0 aromatic heterocycles. The number of fused-ring (bicyclic) bond motifs is 2. The second-order valence-corrected chi connectivity index (χ2v) is 5.84. The number of hydrogen-bond donors (Lipinski definition) is 1. The van der Waals surface area contributed by atoms with Gasteiger partial charge in [-0.1, -0.05) is 0 Å². The van der Waals surface area contributed by atoms with Gasteiger partial charge in [0.2, 0.25) is 0 Å². The minimum atomic E-state index is -0.357. The Kier molecular flexibility index (Phi) is 3.61. The molecule has 5 heteroatoms. The van der Waals surface area contributed by atoms with Crippen molar-refractivity contribution in [3.63, 3.8) is 0 Å². The van der Waals surface area contributed by atoms with Crippen LogP contribution in [-0.2, 0) is 4.79 Å². The lowest BCUT2D eigenvalue weighted by molar-refractivity contribution is -0.119. The molecule has 0 radical (unpaired) electrons. The minimum absolute atomic E-state index is 0.0618. The molecule has 0 aliphatic carbocycles. The topological polar surface area (TPSA) is 66.6 Å². The molecule has 2 bridgehead atoms. The van der Waals surface area contributed by atoms with Gasteiger partial charge in [0.25, 0.3) is 0 Å². The summed E-state index contributed by atoms with van der Waals surface area (Å²) in [5.74, 6) is 0.304. The molecule has 18 heavy (non-hydrogen) atoms. The fourth-order valence-corrected chi connectivity index (χ4v) is 3.39. The zero-order chi connectivity index (χ0) is 13.4. The van der Waals surface area contributed by atoms with Gasteiger partial charge in [0, 0.05) is 26.2 Å². The fourth-order valence-electron chi connectivity index (χ4n) is 3.39. The Morgan fingerprint density at radius 3 is 2.11 bits per heavy atom. The van der Waals surface area contributed by atoms with Gasteiger partial charge in [0.15, 0.2) is 0 Å². The van der Waals surface area contributed by atoms with Crippen LogP contribution in [0.5, 0.6) is 0 Å². The Morgan fingerprint density at radius 1 is 1.22 bits per heavy atom. The zero-order valence-electron chi connectivity index (χ0n) is 11.4. The van der Waals surface area contributed by atoms with Crippen molar-refractivity contribution in [3.05, 3.63) is 0 Å². The molecule has 2 saturated heterocycles. The predicted molar refractivity (Wildman–Crippen MR) is 69.1 cm³/mol. The van der Waals surface area contributed by atoms with E-state index in [0.717, 1.165) is 25.7 Å². The lowest BCUT2D eigenvalue weighted by Crippen LogP contribution is -2.53. The number of amides is 2. The smallest absolute Gasteiger partial charge is 0.319 e. The molecule has 102 valence electrons. The third kappa shape index (κ3) is 2.23. The van der Waals surface area contributed by atoms with Crippen LogP contribution < -0.4 is 5.73 Å². The van der Waals surface area contributed by atoms with Gasteiger partial charge in [-0.15, -0.1) is 0 Å². The monoisotopic (exact) mass is 253 g/mol. The first kappa shape index (κ1) is 13.3. The summed E-state index contributed by atoms with van der Waals surface area (Å²) in [5.41, 5.74) is 5.96. The highest BCUT2D eigenvalue weighted by Gasteiger charge is 2.45. The third-order valence-electron chi connectivity index (χ3n) is 4.35. The molecule has 0 spiro atoms. The van der Waals surface area contributed by atoms with Gasteiger partial charge in [-0.2, -0.15) is 0 Å². The van der Waals surface area contributed by atoms with Gasteiger partial charge in [-0.3, -0.25) is 4.79 Å². The van der Waals surface area contributed by atoms with Crippen LogP contribution in [0, 0.1) is 5.92 Å². The second-order valence-electron chi connectivity index (χ2n) is 5.84. The first-order valence-corrected chi connectivity index (χ1v) is 6.67. The lowest BCUT2D eigenvalue weighted by atomic mass is 9.84. The van der Waals surface area contributed by atoms with Gasteiger partial charge in [0.1, 0.15) is 5.78 Å². The average Bonchev–Trinajstić information content (AvgIpc) is 2.57. The quantitative estimate of drug-likeness (QED) is 0.792. The van der Waals surface area contributed by atoms with Gasteiger partial charge in [-0.25, -0.2) is 4.79 Å². The number of nitrogens with zero attached hydrogens (tertiary/aromatic N) is 2. The van der Waals surface area contributed by atoms with Crippen molar-refractivity contribution < 1.29 is 9.59 Å². The maximum atomic E-state index is 12.1. The van der Waals surface area contributed by atoms with Gasteiger partial charge in [-0.05, 0) is 38.5 Å². The summed E-state index contributed by atoms with van der Waals surface area (Å²) in [6, 6.07) is 0.283. The van der Waals surface area contributed by atoms with Crippen molar-refractivity contribution in [1.82, 2.24) is 9.80 Å². The Bertz CT molecular complexity index is 342. The predicted octanol–water partition coefficient (Wildman–Crippen LogP) is 0.827. The molecule has 0 aromatic carbocycles. The number of carbonyl (C=O) groups is 2. The Morgan fingerprint density at radius 2 is 1.72 bits per heavy atom. The maximum Gasteiger partial charge on any atom is 0.319 e. The summed E-state index contributed by atoms with van der Waals surface area (Å²) >= 11 is 0. The molecule has 2 rings (SSSR count). The van der Waals surface area contributed by atoms with E-state index in [4.69, 9.17) is 5.73 Å². The van der Waals surface area contributed by atoms with E-state index in [1.54, 1.807) is 25.9 Å². The van der Waals surface area contributed by atoms with E-state index in [0.29, 0.717) is 0 Å². The van der Waals surface area contributed by atoms with Crippen LogP contribution in [0.3, 0.4) is 0 Å². The maximum absolute atomic E-state index is 12.1. The molecule has 2 amide bonds. The lowest BCUT2D eigenvalue weighted by Gasteiger charge is -2.41. The number of carbonyl (C=O) groups excluding carboxylic acids is 2. The van der Waals surface area contributed by atoms with Crippen LogP contribution in [-0.4, -0.2) is 53.8 Å². The summed E-state index contributed by atoms with van der Waals surface area (Å²) in [6.45, 7) is 1.56. The molecule has 0 saturated carbocycles. The van der Waals surface area contributed by atoms with E-state index in [9.17, 15) is 9.59 Å². The number of piperidine rings is 1. The molecule has 2 aliphatic heterocycles.